The van der Waals surface area contributed by atoms with Crippen molar-refractivity contribution in [2.45, 2.75) is 25.8 Å². The number of piperidine rings is 1. The third kappa shape index (κ3) is 6.01. The number of nitrogens with one attached hydrogen (secondary N) is 2. The minimum Gasteiger partial charge on any atom is -0.495 e. The highest BCUT2D eigenvalue weighted by Gasteiger charge is 2.24. The number of amides is 2. The van der Waals surface area contributed by atoms with E-state index in [2.05, 4.69) is 37.3 Å². The van der Waals surface area contributed by atoms with Crippen molar-refractivity contribution in [1.29, 1.82) is 0 Å². The summed E-state index contributed by atoms with van der Waals surface area (Å²) >= 11 is 0. The number of aromatic nitrogens is 5. The molecule has 0 saturated carbocycles. The summed E-state index contributed by atoms with van der Waals surface area (Å²) in [5, 5.41) is 10.9. The Balaban J connectivity index is 1.39. The third-order valence-corrected chi connectivity index (χ3v) is 6.93. The van der Waals surface area contributed by atoms with Gasteiger partial charge in [-0.15, -0.1) is 0 Å². The minimum atomic E-state index is -0.675. The van der Waals surface area contributed by atoms with Gasteiger partial charge in [-0.05, 0) is 55.2 Å². The monoisotopic (exact) mass is 553 g/mol. The first-order valence-electron chi connectivity index (χ1n) is 13.1. The first-order valence-corrected chi connectivity index (χ1v) is 13.1. The number of ether oxygens (including phenoxy) is 1. The van der Waals surface area contributed by atoms with Gasteiger partial charge in [0.1, 0.15) is 17.1 Å². The van der Waals surface area contributed by atoms with E-state index in [4.69, 9.17) is 10.5 Å². The lowest BCUT2D eigenvalue weighted by Crippen LogP contribution is -2.39. The molecule has 0 unspecified atom stereocenters. The van der Waals surface area contributed by atoms with Crippen LogP contribution in [0.2, 0.25) is 0 Å². The molecule has 1 aromatic carbocycles. The van der Waals surface area contributed by atoms with Crippen molar-refractivity contribution in [2.75, 3.05) is 30.8 Å². The molecule has 1 atom stereocenters. The molecular weight excluding hydrogens is 522 g/mol. The molecule has 1 aliphatic rings. The number of pyridine rings is 1. The van der Waals surface area contributed by atoms with Crippen LogP contribution >= 0.6 is 0 Å². The zero-order chi connectivity index (χ0) is 28.9. The number of benzene rings is 1. The quantitative estimate of drug-likeness (QED) is 0.261. The number of rotatable bonds is 9. The Hall–Kier alpha value is -5.26. The maximum Gasteiger partial charge on any atom is 0.254 e. The predicted octanol–water partition coefficient (Wildman–Crippen LogP) is 3.99. The van der Waals surface area contributed by atoms with E-state index in [0.29, 0.717) is 30.2 Å². The van der Waals surface area contributed by atoms with Crippen molar-refractivity contribution in [1.82, 2.24) is 29.6 Å². The van der Waals surface area contributed by atoms with Crippen molar-refractivity contribution in [3.63, 3.8) is 0 Å². The average Bonchev–Trinajstić information content (AvgIpc) is 3.46. The molecule has 4 N–H and O–H groups in total. The molecule has 3 aromatic heterocycles. The fourth-order valence-corrected chi connectivity index (χ4v) is 4.84. The fourth-order valence-electron chi connectivity index (χ4n) is 4.84. The van der Waals surface area contributed by atoms with Crippen molar-refractivity contribution in [3.8, 4) is 16.9 Å². The van der Waals surface area contributed by atoms with Gasteiger partial charge in [0.2, 0.25) is 11.9 Å². The van der Waals surface area contributed by atoms with Gasteiger partial charge in [-0.2, -0.15) is 10.1 Å². The molecule has 0 radical (unpaired) electrons. The van der Waals surface area contributed by atoms with E-state index in [9.17, 15) is 9.59 Å². The SMILES string of the molecule is C=CC(=O)N1CCC[C@H](n2cc(Nc3ncc(C(N)=O)c(Nc4c(C)cc(-c5cccnc5)cc4OC)n3)cn2)C1. The molecule has 4 heterocycles. The summed E-state index contributed by atoms with van der Waals surface area (Å²) < 4.78 is 7.51. The summed E-state index contributed by atoms with van der Waals surface area (Å²) in [7, 11) is 1.57. The molecule has 0 spiro atoms. The summed E-state index contributed by atoms with van der Waals surface area (Å²) in [5.74, 6) is 0.273. The van der Waals surface area contributed by atoms with Crippen LogP contribution in [-0.4, -0.2) is 61.6 Å². The van der Waals surface area contributed by atoms with Gasteiger partial charge in [-0.1, -0.05) is 12.6 Å². The van der Waals surface area contributed by atoms with E-state index < -0.39 is 5.91 Å². The molecule has 210 valence electrons. The second-order valence-electron chi connectivity index (χ2n) is 9.68. The lowest BCUT2D eigenvalue weighted by Gasteiger charge is -2.32. The summed E-state index contributed by atoms with van der Waals surface area (Å²) in [6, 6.07) is 7.77. The molecular formula is C29H31N9O3. The first kappa shape index (κ1) is 27.3. The van der Waals surface area contributed by atoms with Crippen LogP contribution in [0, 0.1) is 6.92 Å². The van der Waals surface area contributed by atoms with Gasteiger partial charge in [-0.3, -0.25) is 19.3 Å². The topological polar surface area (TPSA) is 153 Å². The van der Waals surface area contributed by atoms with E-state index in [1.165, 1.54) is 12.3 Å². The molecule has 2 amide bonds. The van der Waals surface area contributed by atoms with Crippen LogP contribution in [0.1, 0.15) is 34.8 Å². The number of nitrogens with two attached hydrogens (primary N) is 1. The number of likely N-dealkylation sites (tertiary alicyclic amines) is 1. The van der Waals surface area contributed by atoms with E-state index in [0.717, 1.165) is 29.5 Å². The molecule has 1 fully saturated rings. The summed E-state index contributed by atoms with van der Waals surface area (Å²) in [4.78, 5) is 39.1. The Kier molecular flexibility index (Phi) is 7.90. The van der Waals surface area contributed by atoms with Crippen molar-refractivity contribution < 1.29 is 14.3 Å². The number of carbonyl (C=O) groups excluding carboxylic acids is 2. The van der Waals surface area contributed by atoms with Crippen molar-refractivity contribution >= 4 is 35.0 Å². The lowest BCUT2D eigenvalue weighted by molar-refractivity contribution is -0.127. The van der Waals surface area contributed by atoms with Crippen LogP contribution in [0.3, 0.4) is 0 Å². The summed E-state index contributed by atoms with van der Waals surface area (Å²) in [5.41, 5.74) is 9.80. The number of hydrogen-bond donors (Lipinski definition) is 3. The van der Waals surface area contributed by atoms with Crippen LogP contribution in [-0.2, 0) is 4.79 Å². The fraction of sp³-hybridized carbons (Fsp3) is 0.241. The molecule has 12 heteroatoms. The maximum atomic E-state index is 12.2. The van der Waals surface area contributed by atoms with Crippen molar-refractivity contribution in [2.24, 2.45) is 5.73 Å². The molecule has 41 heavy (non-hydrogen) atoms. The standard InChI is InChI=1S/C29H31N9O3/c1-4-25(39)37-10-6-8-22(17-37)38-16-21(14-33-38)34-29-32-15-23(27(30)40)28(36-29)35-26-18(2)11-20(12-24(26)41-3)19-7-5-9-31-13-19/h4-5,7,9,11-16,22H,1,6,8,10,17H2,2-3H3,(H2,30,40)(H2,32,34,35,36)/t22-/m0/s1. The minimum absolute atomic E-state index is 0.0451. The van der Waals surface area contributed by atoms with E-state index in [1.807, 2.05) is 42.1 Å². The van der Waals surface area contributed by atoms with Crippen molar-refractivity contribution in [3.05, 3.63) is 79.0 Å². The number of aryl methyl sites for hydroxylation is 1. The first-order chi connectivity index (χ1) is 19.9. The zero-order valence-corrected chi connectivity index (χ0v) is 22.9. The van der Waals surface area contributed by atoms with Crippen LogP contribution in [0.4, 0.5) is 23.1 Å². The second kappa shape index (κ2) is 11.9. The number of hydrogen-bond acceptors (Lipinski definition) is 9. The molecule has 4 aromatic rings. The number of carbonyl (C=O) groups is 2. The highest BCUT2D eigenvalue weighted by molar-refractivity contribution is 5.98. The number of anilines is 4. The number of methoxy groups -OCH3 is 1. The van der Waals surface area contributed by atoms with Gasteiger partial charge in [0.05, 0.1) is 30.7 Å². The Morgan fingerprint density at radius 3 is 2.78 bits per heavy atom. The number of primary amides is 1. The van der Waals surface area contributed by atoms with Gasteiger partial charge in [0, 0.05) is 43.4 Å². The highest BCUT2D eigenvalue weighted by atomic mass is 16.5. The Morgan fingerprint density at radius 2 is 2.05 bits per heavy atom. The molecule has 0 aliphatic carbocycles. The number of nitrogens with zero attached hydrogens (tertiary/aromatic N) is 6. The normalized spacial score (nSPS) is 14.8. The van der Waals surface area contributed by atoms with E-state index >= 15 is 0 Å². The molecule has 1 saturated heterocycles. The van der Waals surface area contributed by atoms with Gasteiger partial charge in [0.25, 0.3) is 5.91 Å². The van der Waals surface area contributed by atoms with Crippen LogP contribution in [0.5, 0.6) is 5.75 Å². The van der Waals surface area contributed by atoms with Gasteiger partial charge in [0.15, 0.2) is 0 Å². The largest absolute Gasteiger partial charge is 0.495 e. The molecule has 12 nitrogen and oxygen atoms in total. The average molecular weight is 554 g/mol. The Bertz CT molecular complexity index is 1590. The maximum absolute atomic E-state index is 12.2. The smallest absolute Gasteiger partial charge is 0.254 e. The van der Waals surface area contributed by atoms with E-state index in [1.54, 1.807) is 30.6 Å². The van der Waals surface area contributed by atoms with Crippen LogP contribution in [0.25, 0.3) is 11.1 Å². The third-order valence-electron chi connectivity index (χ3n) is 6.93. The van der Waals surface area contributed by atoms with Gasteiger partial charge < -0.3 is 26.0 Å². The van der Waals surface area contributed by atoms with Crippen LogP contribution < -0.4 is 21.1 Å². The second-order valence-corrected chi connectivity index (χ2v) is 9.68. The summed E-state index contributed by atoms with van der Waals surface area (Å²) in [6.45, 7) is 6.78. The van der Waals surface area contributed by atoms with Crippen LogP contribution in [0.15, 0.2) is 67.9 Å². The predicted molar refractivity (Wildman–Crippen MR) is 155 cm³/mol. The van der Waals surface area contributed by atoms with Gasteiger partial charge >= 0.3 is 0 Å². The lowest BCUT2D eigenvalue weighted by atomic mass is 10.0. The Morgan fingerprint density at radius 1 is 1.20 bits per heavy atom. The van der Waals surface area contributed by atoms with E-state index in [-0.39, 0.29) is 29.3 Å². The van der Waals surface area contributed by atoms with Gasteiger partial charge in [-0.25, -0.2) is 4.98 Å². The zero-order valence-electron chi connectivity index (χ0n) is 22.9. The molecule has 1 aliphatic heterocycles. The Labute approximate surface area is 237 Å². The summed E-state index contributed by atoms with van der Waals surface area (Å²) in [6.07, 6.45) is 11.5. The molecule has 0 bridgehead atoms. The highest BCUT2D eigenvalue weighted by Crippen LogP contribution is 2.36. The molecule has 5 rings (SSSR count).